The van der Waals surface area contributed by atoms with Crippen LogP contribution in [0.2, 0.25) is 0 Å². The number of aliphatic hydroxyl groups is 1. The van der Waals surface area contributed by atoms with Crippen LogP contribution in [0.25, 0.3) is 0 Å². The number of amides is 4. The Morgan fingerprint density at radius 1 is 1.03 bits per heavy atom. The molecule has 1 unspecified atom stereocenters. The topological polar surface area (TPSA) is 121 Å². The Morgan fingerprint density at radius 2 is 1.62 bits per heavy atom. The number of rotatable bonds is 3. The zero-order valence-electron chi connectivity index (χ0n) is 21.0. The van der Waals surface area contributed by atoms with Gasteiger partial charge >= 0.3 is 18.2 Å². The number of piperazine rings is 1. The van der Waals surface area contributed by atoms with Crippen LogP contribution in [0, 0.1) is 0 Å². The van der Waals surface area contributed by atoms with Crippen molar-refractivity contribution in [1.29, 1.82) is 0 Å². The fraction of sp³-hybridized carbons (Fsp3) is 0.609. The molecule has 1 aliphatic heterocycles. The number of hydrogen-bond acceptors (Lipinski definition) is 7. The van der Waals surface area contributed by atoms with Gasteiger partial charge in [0, 0.05) is 19.6 Å². The highest BCUT2D eigenvalue weighted by molar-refractivity contribution is 5.94. The largest absolute Gasteiger partial charge is 0.497 e. The Bertz CT molecular complexity index is 862. The number of carbonyl (C=O) groups is 3. The van der Waals surface area contributed by atoms with Crippen LogP contribution >= 0.6 is 0 Å². The Morgan fingerprint density at radius 3 is 2.12 bits per heavy atom. The lowest BCUT2D eigenvalue weighted by Crippen LogP contribution is -2.63. The third kappa shape index (κ3) is 7.68. The van der Waals surface area contributed by atoms with Gasteiger partial charge in [0.05, 0.1) is 25.4 Å². The standard InChI is InChI=1S/C23H36N4O7/c1-22(2,3)33-19(29)24-27(16-8-10-18(32-7)11-9-16)20(30)26-13-12-25(14-17(26)15-28)21(31)34-23(4,5)6/h8-11,17,28H,12-15H2,1-7H3,(H,24,29). The molecule has 1 fully saturated rings. The molecule has 34 heavy (non-hydrogen) atoms. The molecule has 1 saturated heterocycles. The average Bonchev–Trinajstić information content (AvgIpc) is 2.74. The van der Waals surface area contributed by atoms with Crippen LogP contribution in [0.1, 0.15) is 41.5 Å². The number of hydrazine groups is 1. The van der Waals surface area contributed by atoms with E-state index in [2.05, 4.69) is 5.43 Å². The molecule has 0 aliphatic carbocycles. The molecule has 1 heterocycles. The van der Waals surface area contributed by atoms with Crippen LogP contribution in [0.3, 0.4) is 0 Å². The smallest absolute Gasteiger partial charge is 0.427 e. The molecule has 2 N–H and O–H groups in total. The van der Waals surface area contributed by atoms with Gasteiger partial charge in [-0.1, -0.05) is 0 Å². The lowest BCUT2D eigenvalue weighted by molar-refractivity contribution is 0.00349. The summed E-state index contributed by atoms with van der Waals surface area (Å²) < 4.78 is 15.9. The van der Waals surface area contributed by atoms with E-state index in [9.17, 15) is 19.5 Å². The summed E-state index contributed by atoms with van der Waals surface area (Å²) in [6.45, 7) is 10.5. The van der Waals surface area contributed by atoms with E-state index in [0.29, 0.717) is 11.4 Å². The molecule has 0 bridgehead atoms. The summed E-state index contributed by atoms with van der Waals surface area (Å²) in [5, 5.41) is 11.0. The second kappa shape index (κ2) is 10.8. The van der Waals surface area contributed by atoms with Gasteiger partial charge in [0.25, 0.3) is 0 Å². The van der Waals surface area contributed by atoms with Gasteiger partial charge in [-0.15, -0.1) is 0 Å². The molecule has 1 aromatic rings. The minimum atomic E-state index is -0.815. The van der Waals surface area contributed by atoms with Crippen molar-refractivity contribution in [2.75, 3.05) is 38.4 Å². The molecule has 0 spiro atoms. The number of ether oxygens (including phenoxy) is 3. The third-order valence-corrected chi connectivity index (χ3v) is 4.71. The summed E-state index contributed by atoms with van der Waals surface area (Å²) in [4.78, 5) is 41.3. The first-order valence-electron chi connectivity index (χ1n) is 11.1. The predicted molar refractivity (Wildman–Crippen MR) is 126 cm³/mol. The summed E-state index contributed by atoms with van der Waals surface area (Å²) in [5.41, 5.74) is 1.41. The molecule has 1 aliphatic rings. The summed E-state index contributed by atoms with van der Waals surface area (Å²) in [5.74, 6) is 0.577. The molecular weight excluding hydrogens is 444 g/mol. The van der Waals surface area contributed by atoms with Crippen LogP contribution in [0.15, 0.2) is 24.3 Å². The maximum absolute atomic E-state index is 13.5. The van der Waals surface area contributed by atoms with Crippen LogP contribution in [0.4, 0.5) is 20.1 Å². The first-order chi connectivity index (χ1) is 15.7. The van der Waals surface area contributed by atoms with E-state index in [4.69, 9.17) is 14.2 Å². The highest BCUT2D eigenvalue weighted by atomic mass is 16.6. The summed E-state index contributed by atoms with van der Waals surface area (Å²) in [6.07, 6.45) is -1.33. The van der Waals surface area contributed by atoms with Crippen molar-refractivity contribution in [3.8, 4) is 5.75 Å². The molecule has 0 saturated carbocycles. The van der Waals surface area contributed by atoms with Gasteiger partial charge in [0.2, 0.25) is 0 Å². The van der Waals surface area contributed by atoms with Crippen molar-refractivity contribution in [3.63, 3.8) is 0 Å². The van der Waals surface area contributed by atoms with Crippen LogP contribution < -0.4 is 15.2 Å². The summed E-state index contributed by atoms with van der Waals surface area (Å²) in [7, 11) is 1.52. The van der Waals surface area contributed by atoms with Crippen LogP contribution in [-0.2, 0) is 9.47 Å². The minimum Gasteiger partial charge on any atom is -0.497 e. The Hall–Kier alpha value is -3.21. The lowest BCUT2D eigenvalue weighted by atomic mass is 10.2. The Kier molecular flexibility index (Phi) is 8.60. The minimum absolute atomic E-state index is 0.0834. The van der Waals surface area contributed by atoms with E-state index in [1.54, 1.807) is 65.8 Å². The van der Waals surface area contributed by atoms with Crippen molar-refractivity contribution in [2.24, 2.45) is 0 Å². The van der Waals surface area contributed by atoms with Crippen molar-refractivity contribution < 1.29 is 33.7 Å². The molecular formula is C23H36N4O7. The van der Waals surface area contributed by atoms with Crippen LogP contribution in [0.5, 0.6) is 5.75 Å². The normalized spacial score (nSPS) is 16.5. The number of aliphatic hydroxyl groups excluding tert-OH is 1. The van der Waals surface area contributed by atoms with Gasteiger partial charge < -0.3 is 29.1 Å². The number of hydrogen-bond donors (Lipinski definition) is 2. The summed E-state index contributed by atoms with van der Waals surface area (Å²) >= 11 is 0. The van der Waals surface area contributed by atoms with E-state index in [1.165, 1.54) is 16.9 Å². The predicted octanol–water partition coefficient (Wildman–Crippen LogP) is 2.97. The first-order valence-corrected chi connectivity index (χ1v) is 11.1. The van der Waals surface area contributed by atoms with Gasteiger partial charge in [0.15, 0.2) is 0 Å². The Labute approximate surface area is 200 Å². The zero-order valence-corrected chi connectivity index (χ0v) is 21.0. The Balaban J connectivity index is 2.25. The first kappa shape index (κ1) is 27.0. The molecule has 11 heteroatoms. The van der Waals surface area contributed by atoms with Gasteiger partial charge in [-0.2, -0.15) is 5.01 Å². The van der Waals surface area contributed by atoms with Gasteiger partial charge in [-0.25, -0.2) is 19.8 Å². The fourth-order valence-electron chi connectivity index (χ4n) is 3.23. The molecule has 2 rings (SSSR count). The highest BCUT2D eigenvalue weighted by Gasteiger charge is 2.37. The van der Waals surface area contributed by atoms with Crippen molar-refractivity contribution in [3.05, 3.63) is 24.3 Å². The van der Waals surface area contributed by atoms with Crippen molar-refractivity contribution in [2.45, 2.75) is 58.8 Å². The molecule has 190 valence electrons. The van der Waals surface area contributed by atoms with Crippen molar-refractivity contribution in [1.82, 2.24) is 15.2 Å². The summed E-state index contributed by atoms with van der Waals surface area (Å²) in [6, 6.07) is 5.24. The number of nitrogens with one attached hydrogen (secondary N) is 1. The third-order valence-electron chi connectivity index (χ3n) is 4.71. The molecule has 4 amide bonds. The quantitative estimate of drug-likeness (QED) is 0.638. The van der Waals surface area contributed by atoms with Gasteiger partial charge in [0.1, 0.15) is 17.0 Å². The van der Waals surface area contributed by atoms with E-state index in [0.717, 1.165) is 5.01 Å². The molecule has 1 atom stereocenters. The highest BCUT2D eigenvalue weighted by Crippen LogP contribution is 2.22. The molecule has 0 aromatic heterocycles. The number of urea groups is 1. The molecule has 1 aromatic carbocycles. The maximum Gasteiger partial charge on any atom is 0.427 e. The molecule has 0 radical (unpaired) electrons. The van der Waals surface area contributed by atoms with E-state index >= 15 is 0 Å². The second-order valence-electron chi connectivity index (χ2n) is 9.89. The number of nitrogens with zero attached hydrogens (tertiary/aromatic N) is 3. The molecule has 11 nitrogen and oxygen atoms in total. The SMILES string of the molecule is COc1ccc(N(NC(=O)OC(C)(C)C)C(=O)N2CCN(C(=O)OC(C)(C)C)CC2CO)cc1. The van der Waals surface area contributed by atoms with Crippen molar-refractivity contribution >= 4 is 23.9 Å². The number of carbonyl (C=O) groups excluding carboxylic acids is 3. The van der Waals surface area contributed by atoms with Gasteiger partial charge in [-0.05, 0) is 65.8 Å². The average molecular weight is 481 g/mol. The number of anilines is 1. The van der Waals surface area contributed by atoms with Gasteiger partial charge in [-0.3, -0.25) is 0 Å². The lowest BCUT2D eigenvalue weighted by Gasteiger charge is -2.42. The fourth-order valence-corrected chi connectivity index (χ4v) is 3.23. The van der Waals surface area contributed by atoms with E-state index in [1.807, 2.05) is 0 Å². The number of methoxy groups -OCH3 is 1. The monoisotopic (exact) mass is 480 g/mol. The van der Waals surface area contributed by atoms with Crippen LogP contribution in [-0.4, -0.2) is 83.7 Å². The maximum atomic E-state index is 13.5. The van der Waals surface area contributed by atoms with E-state index < -0.39 is 35.5 Å². The van der Waals surface area contributed by atoms with E-state index in [-0.39, 0.29) is 26.2 Å². The zero-order chi connectivity index (χ0) is 25.7. The second-order valence-corrected chi connectivity index (χ2v) is 9.89. The number of benzene rings is 1.